The van der Waals surface area contributed by atoms with E-state index in [1.807, 2.05) is 6.08 Å². The minimum atomic E-state index is -0.509. The first-order chi connectivity index (χ1) is 20.5. The Morgan fingerprint density at radius 3 is 2.67 bits per heavy atom. The average Bonchev–Trinajstić information content (AvgIpc) is 3.28. The van der Waals surface area contributed by atoms with Gasteiger partial charge in [-0.15, -0.1) is 0 Å². The highest BCUT2D eigenvalue weighted by atomic mass is 35.5. The van der Waals surface area contributed by atoms with E-state index in [1.54, 1.807) is 18.2 Å². The van der Waals surface area contributed by atoms with Crippen molar-refractivity contribution in [3.05, 3.63) is 59.7 Å². The van der Waals surface area contributed by atoms with Crippen LogP contribution in [-0.4, -0.2) is 85.7 Å². The summed E-state index contributed by atoms with van der Waals surface area (Å²) in [5, 5.41) is 6.81. The van der Waals surface area contributed by atoms with Crippen molar-refractivity contribution >= 4 is 45.6 Å². The van der Waals surface area contributed by atoms with E-state index in [2.05, 4.69) is 25.5 Å². The van der Waals surface area contributed by atoms with Crippen molar-refractivity contribution in [2.24, 2.45) is 17.8 Å². The Labute approximate surface area is 247 Å². The first-order valence-corrected chi connectivity index (χ1v) is 14.5. The minimum Gasteiger partial charge on any atom is -0.491 e. The van der Waals surface area contributed by atoms with Gasteiger partial charge in [-0.3, -0.25) is 9.69 Å². The summed E-state index contributed by atoms with van der Waals surface area (Å²) in [5.74, 6) is 1.74. The number of hydrogen-bond donors (Lipinski definition) is 2. The molecule has 3 aliphatic heterocycles. The third kappa shape index (κ3) is 5.80. The zero-order valence-corrected chi connectivity index (χ0v) is 23.6. The molecule has 3 saturated heterocycles. The topological polar surface area (TPSA) is 107 Å². The van der Waals surface area contributed by atoms with Crippen molar-refractivity contribution in [3.63, 3.8) is 0 Å². The summed E-state index contributed by atoms with van der Waals surface area (Å²) in [6.45, 7) is 5.51. The van der Waals surface area contributed by atoms with E-state index in [-0.39, 0.29) is 23.1 Å². The summed E-state index contributed by atoms with van der Waals surface area (Å²) in [4.78, 5) is 24.1. The number of likely N-dealkylation sites (tertiary alicyclic amines) is 1. The number of ether oxygens (including phenoxy) is 4. The molecule has 2 aromatic carbocycles. The third-order valence-electron chi connectivity index (χ3n) is 8.41. The molecule has 1 aromatic heterocycles. The van der Waals surface area contributed by atoms with Crippen molar-refractivity contribution in [1.82, 2.24) is 14.9 Å². The van der Waals surface area contributed by atoms with Gasteiger partial charge >= 0.3 is 0 Å². The second-order valence-corrected chi connectivity index (χ2v) is 11.5. The Kier molecular flexibility index (Phi) is 7.68. The highest BCUT2D eigenvalue weighted by Gasteiger charge is 2.54. The van der Waals surface area contributed by atoms with Gasteiger partial charge in [-0.05, 0) is 36.1 Å². The SMILES string of the molecule is O=C(/C=C/CN1C[C@@H]2OCCO[C@H]2C1)Nc1cc2c(Nc3ccc(F)c(Cl)c3)ncnc2cc1OCC1C2COCC21. The van der Waals surface area contributed by atoms with Gasteiger partial charge in [-0.25, -0.2) is 14.4 Å². The van der Waals surface area contributed by atoms with Crippen LogP contribution in [0.3, 0.4) is 0 Å². The monoisotopic (exact) mass is 595 g/mol. The maximum absolute atomic E-state index is 13.7. The second kappa shape index (κ2) is 11.7. The van der Waals surface area contributed by atoms with E-state index in [0.29, 0.717) is 78.0 Å². The van der Waals surface area contributed by atoms with Crippen LogP contribution in [0.1, 0.15) is 0 Å². The maximum atomic E-state index is 13.7. The summed E-state index contributed by atoms with van der Waals surface area (Å²) in [6, 6.07) is 7.94. The zero-order valence-electron chi connectivity index (χ0n) is 22.8. The fourth-order valence-corrected chi connectivity index (χ4v) is 6.25. The number of carbonyl (C=O) groups is 1. The van der Waals surface area contributed by atoms with E-state index >= 15 is 0 Å². The molecule has 4 heterocycles. The summed E-state index contributed by atoms with van der Waals surface area (Å²) in [6.07, 6.45) is 4.99. The van der Waals surface area contributed by atoms with Gasteiger partial charge in [-0.1, -0.05) is 17.7 Å². The number of rotatable bonds is 9. The standard InChI is InChI=1S/C30H31ClFN5O5/c31-22-8-17(3-4-23(22)32)35-30-18-9-25(36-29(38)2-1-5-37-11-27-28(12-37)41-7-6-40-27)26(10-24(18)33-16-34-30)42-15-21-19-13-39-14-20(19)21/h1-4,8-10,16,19-21,27-28H,5-7,11-15H2,(H,36,38)(H,33,34,35)/b2-1+/t19?,20?,21?,27-,28-/m0/s1. The number of carbonyl (C=O) groups excluding carboxylic acids is 1. The number of aromatic nitrogens is 2. The van der Waals surface area contributed by atoms with Crippen LogP contribution < -0.4 is 15.4 Å². The van der Waals surface area contributed by atoms with Gasteiger partial charge in [-0.2, -0.15) is 0 Å². The number of hydrogen-bond acceptors (Lipinski definition) is 9. The number of benzene rings is 2. The Morgan fingerprint density at radius 2 is 1.90 bits per heavy atom. The van der Waals surface area contributed by atoms with Gasteiger partial charge in [0.05, 0.1) is 61.5 Å². The molecule has 2 unspecified atom stereocenters. The van der Waals surface area contributed by atoms with Crippen LogP contribution in [-0.2, 0) is 19.0 Å². The lowest BCUT2D eigenvalue weighted by atomic mass is 10.1. The third-order valence-corrected chi connectivity index (χ3v) is 8.70. The van der Waals surface area contributed by atoms with Crippen molar-refractivity contribution in [3.8, 4) is 5.75 Å². The first-order valence-electron chi connectivity index (χ1n) is 14.2. The van der Waals surface area contributed by atoms with E-state index < -0.39 is 5.82 Å². The van der Waals surface area contributed by atoms with Crippen molar-refractivity contribution < 1.29 is 28.1 Å². The first kappa shape index (κ1) is 27.5. The molecule has 2 N–H and O–H groups in total. The van der Waals surface area contributed by atoms with Gasteiger partial charge in [0.15, 0.2) is 0 Å². The Bertz CT molecular complexity index is 1500. The van der Waals surface area contributed by atoms with Crippen LogP contribution >= 0.6 is 11.6 Å². The Balaban J connectivity index is 1.09. The second-order valence-electron chi connectivity index (χ2n) is 11.1. The molecule has 42 heavy (non-hydrogen) atoms. The van der Waals surface area contributed by atoms with Crippen molar-refractivity contribution in [2.75, 3.05) is 63.3 Å². The number of halogens is 2. The molecule has 10 nitrogen and oxygen atoms in total. The predicted octanol–water partition coefficient (Wildman–Crippen LogP) is 4.03. The average molecular weight is 596 g/mol. The zero-order chi connectivity index (χ0) is 28.6. The number of fused-ring (bicyclic) bond motifs is 3. The fraction of sp³-hybridized carbons (Fsp3) is 0.433. The molecule has 0 spiro atoms. The van der Waals surface area contributed by atoms with Gasteiger partial charge in [0.1, 0.15) is 23.7 Å². The van der Waals surface area contributed by atoms with E-state index in [1.165, 1.54) is 24.5 Å². The molecule has 3 aromatic rings. The van der Waals surface area contributed by atoms with Crippen LogP contribution in [0, 0.1) is 23.6 Å². The molecule has 0 bridgehead atoms. The van der Waals surface area contributed by atoms with Crippen LogP contribution in [0.15, 0.2) is 48.8 Å². The lowest BCUT2D eigenvalue weighted by molar-refractivity contribution is -0.116. The highest BCUT2D eigenvalue weighted by Crippen LogP contribution is 2.51. The molecule has 4 atom stereocenters. The predicted molar refractivity (Wildman–Crippen MR) is 155 cm³/mol. The summed E-state index contributed by atoms with van der Waals surface area (Å²) >= 11 is 5.98. The van der Waals surface area contributed by atoms with E-state index in [9.17, 15) is 9.18 Å². The molecule has 220 valence electrons. The quantitative estimate of drug-likeness (QED) is 0.355. The van der Waals surface area contributed by atoms with Crippen LogP contribution in [0.5, 0.6) is 5.75 Å². The van der Waals surface area contributed by atoms with Crippen LogP contribution in [0.4, 0.5) is 21.6 Å². The molecular formula is C30H31ClFN5O5. The van der Waals surface area contributed by atoms with Crippen molar-refractivity contribution in [1.29, 1.82) is 0 Å². The van der Waals surface area contributed by atoms with Crippen LogP contribution in [0.2, 0.25) is 5.02 Å². The van der Waals surface area contributed by atoms with Crippen LogP contribution in [0.25, 0.3) is 10.9 Å². The lowest BCUT2D eigenvalue weighted by Gasteiger charge is -2.24. The molecule has 12 heteroatoms. The number of anilines is 3. The fourth-order valence-electron chi connectivity index (χ4n) is 6.07. The van der Waals surface area contributed by atoms with Gasteiger partial charge in [0, 0.05) is 48.8 Å². The molecule has 7 rings (SSSR count). The summed E-state index contributed by atoms with van der Waals surface area (Å²) in [7, 11) is 0. The molecular weight excluding hydrogens is 565 g/mol. The molecule has 1 amide bonds. The van der Waals surface area contributed by atoms with Gasteiger partial charge in [0.25, 0.3) is 0 Å². The lowest BCUT2D eigenvalue weighted by Crippen LogP contribution is -2.36. The minimum absolute atomic E-state index is 0.00299. The Hall–Kier alpha value is -3.35. The highest BCUT2D eigenvalue weighted by molar-refractivity contribution is 6.31. The molecule has 1 saturated carbocycles. The summed E-state index contributed by atoms with van der Waals surface area (Å²) in [5.41, 5.74) is 1.70. The maximum Gasteiger partial charge on any atom is 0.248 e. The number of nitrogens with one attached hydrogen (secondary N) is 2. The van der Waals surface area contributed by atoms with Gasteiger partial charge in [0.2, 0.25) is 5.91 Å². The molecule has 0 radical (unpaired) electrons. The number of amides is 1. The largest absolute Gasteiger partial charge is 0.491 e. The summed E-state index contributed by atoms with van der Waals surface area (Å²) < 4.78 is 37.0. The molecule has 4 aliphatic rings. The molecule has 1 aliphatic carbocycles. The van der Waals surface area contributed by atoms with Crippen molar-refractivity contribution in [2.45, 2.75) is 12.2 Å². The molecule has 4 fully saturated rings. The van der Waals surface area contributed by atoms with Gasteiger partial charge < -0.3 is 29.6 Å². The Morgan fingerprint density at radius 1 is 1.12 bits per heavy atom. The normalized spacial score (nSPS) is 26.8. The van der Waals surface area contributed by atoms with E-state index in [0.717, 1.165) is 26.3 Å². The number of nitrogens with zero attached hydrogens (tertiary/aromatic N) is 3. The van der Waals surface area contributed by atoms with E-state index in [4.69, 9.17) is 30.5 Å². The smallest absolute Gasteiger partial charge is 0.248 e.